The van der Waals surface area contributed by atoms with Crippen molar-refractivity contribution in [3.8, 4) is 28.6 Å². The number of benzene rings is 3. The SMILES string of the molecule is CCC(O)c1cc(C)c(-c2ncn(C)c2-c2ccc(C#N)c3ccccc23)c(C)c1. The minimum atomic E-state index is -0.456. The maximum absolute atomic E-state index is 10.3. The van der Waals surface area contributed by atoms with Gasteiger partial charge in [-0.05, 0) is 48.4 Å². The van der Waals surface area contributed by atoms with Crippen LogP contribution in [0.3, 0.4) is 0 Å². The molecular formula is C26H25N3O. The first-order valence-corrected chi connectivity index (χ1v) is 10.2. The monoisotopic (exact) mass is 395 g/mol. The molecule has 0 aliphatic rings. The lowest BCUT2D eigenvalue weighted by Gasteiger charge is -2.17. The predicted molar refractivity (Wildman–Crippen MR) is 121 cm³/mol. The fourth-order valence-electron chi connectivity index (χ4n) is 4.33. The van der Waals surface area contributed by atoms with Gasteiger partial charge in [0.15, 0.2) is 0 Å². The number of nitriles is 1. The minimum absolute atomic E-state index is 0.456. The van der Waals surface area contributed by atoms with Crippen molar-refractivity contribution in [2.24, 2.45) is 7.05 Å². The molecule has 150 valence electrons. The van der Waals surface area contributed by atoms with Crippen LogP contribution in [0.15, 0.2) is 54.9 Å². The van der Waals surface area contributed by atoms with E-state index in [1.807, 2.05) is 55.2 Å². The van der Waals surface area contributed by atoms with E-state index in [-0.39, 0.29) is 0 Å². The van der Waals surface area contributed by atoms with Gasteiger partial charge in [-0.1, -0.05) is 49.4 Å². The molecule has 4 rings (SSSR count). The number of nitrogens with zero attached hydrogens (tertiary/aromatic N) is 3. The van der Waals surface area contributed by atoms with Crippen molar-refractivity contribution in [1.29, 1.82) is 5.26 Å². The number of aryl methyl sites for hydroxylation is 3. The normalized spacial score (nSPS) is 12.1. The van der Waals surface area contributed by atoms with Crippen molar-refractivity contribution >= 4 is 10.8 Å². The van der Waals surface area contributed by atoms with Gasteiger partial charge in [-0.2, -0.15) is 5.26 Å². The van der Waals surface area contributed by atoms with Crippen LogP contribution in [0.1, 0.15) is 41.7 Å². The van der Waals surface area contributed by atoms with E-state index in [0.29, 0.717) is 12.0 Å². The van der Waals surface area contributed by atoms with Crippen LogP contribution < -0.4 is 0 Å². The van der Waals surface area contributed by atoms with Crippen LogP contribution in [0.2, 0.25) is 0 Å². The number of fused-ring (bicyclic) bond motifs is 1. The zero-order valence-corrected chi connectivity index (χ0v) is 17.8. The molecule has 0 aliphatic heterocycles. The maximum Gasteiger partial charge on any atom is 0.0998 e. The number of aromatic nitrogens is 2. The summed E-state index contributed by atoms with van der Waals surface area (Å²) in [5.41, 5.74) is 7.87. The largest absolute Gasteiger partial charge is 0.388 e. The van der Waals surface area contributed by atoms with E-state index in [1.165, 1.54) is 0 Å². The van der Waals surface area contributed by atoms with Crippen LogP contribution in [0.4, 0.5) is 0 Å². The highest BCUT2D eigenvalue weighted by molar-refractivity contribution is 6.01. The van der Waals surface area contributed by atoms with Crippen molar-refractivity contribution in [2.75, 3.05) is 0 Å². The average molecular weight is 396 g/mol. The van der Waals surface area contributed by atoms with Crippen molar-refractivity contribution in [2.45, 2.75) is 33.3 Å². The Labute approximate surface area is 177 Å². The Morgan fingerprint density at radius 1 is 1.07 bits per heavy atom. The predicted octanol–water partition coefficient (Wildman–Crippen LogP) is 5.84. The molecule has 0 aliphatic carbocycles. The summed E-state index contributed by atoms with van der Waals surface area (Å²) in [6.07, 6.45) is 2.07. The Kier molecular flexibility index (Phi) is 5.15. The Balaban J connectivity index is 1.98. The van der Waals surface area contributed by atoms with Crippen LogP contribution in [0, 0.1) is 25.2 Å². The highest BCUT2D eigenvalue weighted by atomic mass is 16.3. The van der Waals surface area contributed by atoms with E-state index in [2.05, 4.69) is 38.1 Å². The molecule has 0 radical (unpaired) electrons. The topological polar surface area (TPSA) is 61.8 Å². The molecule has 4 aromatic rings. The molecule has 1 aromatic heterocycles. The number of hydrogen-bond donors (Lipinski definition) is 1. The molecule has 4 nitrogen and oxygen atoms in total. The molecule has 0 fully saturated rings. The van der Waals surface area contributed by atoms with Gasteiger partial charge in [-0.15, -0.1) is 0 Å². The Morgan fingerprint density at radius 3 is 2.37 bits per heavy atom. The lowest BCUT2D eigenvalue weighted by Crippen LogP contribution is -2.00. The van der Waals surface area contributed by atoms with E-state index in [1.54, 1.807) is 0 Å². The number of rotatable bonds is 4. The molecule has 30 heavy (non-hydrogen) atoms. The third kappa shape index (κ3) is 3.18. The lowest BCUT2D eigenvalue weighted by atomic mass is 9.91. The summed E-state index contributed by atoms with van der Waals surface area (Å²) in [4.78, 5) is 4.76. The molecule has 1 unspecified atom stereocenters. The van der Waals surface area contributed by atoms with Gasteiger partial charge in [-0.3, -0.25) is 0 Å². The first kappa shape index (κ1) is 19.9. The van der Waals surface area contributed by atoms with Crippen LogP contribution in [-0.4, -0.2) is 14.7 Å². The molecule has 0 amide bonds. The van der Waals surface area contributed by atoms with Crippen LogP contribution in [0.5, 0.6) is 0 Å². The molecule has 1 N–H and O–H groups in total. The van der Waals surface area contributed by atoms with E-state index < -0.39 is 6.10 Å². The summed E-state index contributed by atoms with van der Waals surface area (Å²) in [5.74, 6) is 0. The quantitative estimate of drug-likeness (QED) is 0.472. The maximum atomic E-state index is 10.3. The molecule has 0 saturated carbocycles. The van der Waals surface area contributed by atoms with Gasteiger partial charge in [0.05, 0.1) is 35.5 Å². The molecule has 1 heterocycles. The Bertz CT molecular complexity index is 1270. The van der Waals surface area contributed by atoms with Gasteiger partial charge in [0.25, 0.3) is 0 Å². The minimum Gasteiger partial charge on any atom is -0.388 e. The second kappa shape index (κ2) is 7.78. The third-order valence-corrected chi connectivity index (χ3v) is 5.80. The van der Waals surface area contributed by atoms with Crippen LogP contribution in [0.25, 0.3) is 33.3 Å². The standard InChI is InChI=1S/C26H25N3O/c1-5-23(30)19-12-16(2)24(17(3)13-19)25-26(29(4)15-28-25)22-11-10-18(14-27)20-8-6-7-9-21(20)22/h6-13,15,23,30H,5H2,1-4H3. The van der Waals surface area contributed by atoms with Crippen molar-refractivity contribution < 1.29 is 5.11 Å². The molecule has 0 bridgehead atoms. The van der Waals surface area contributed by atoms with Gasteiger partial charge in [-0.25, -0.2) is 4.98 Å². The summed E-state index contributed by atoms with van der Waals surface area (Å²) in [6, 6.07) is 18.3. The van der Waals surface area contributed by atoms with Crippen LogP contribution >= 0.6 is 0 Å². The van der Waals surface area contributed by atoms with Crippen molar-refractivity contribution in [3.05, 3.63) is 77.1 Å². The van der Waals surface area contributed by atoms with E-state index in [9.17, 15) is 10.4 Å². The number of aliphatic hydroxyl groups excluding tert-OH is 1. The van der Waals surface area contributed by atoms with Crippen molar-refractivity contribution in [1.82, 2.24) is 9.55 Å². The summed E-state index contributed by atoms with van der Waals surface area (Å²) < 4.78 is 2.04. The lowest BCUT2D eigenvalue weighted by molar-refractivity contribution is 0.173. The number of imidazole rings is 1. The van der Waals surface area contributed by atoms with Gasteiger partial charge in [0, 0.05) is 23.6 Å². The van der Waals surface area contributed by atoms with E-state index in [0.717, 1.165) is 50.0 Å². The summed E-state index contributed by atoms with van der Waals surface area (Å²) in [7, 11) is 2.00. The Hall–Kier alpha value is -3.42. The first-order chi connectivity index (χ1) is 14.5. The molecule has 0 saturated heterocycles. The van der Waals surface area contributed by atoms with Crippen LogP contribution in [-0.2, 0) is 7.05 Å². The summed E-state index contributed by atoms with van der Waals surface area (Å²) >= 11 is 0. The Morgan fingerprint density at radius 2 is 1.73 bits per heavy atom. The van der Waals surface area contributed by atoms with Crippen molar-refractivity contribution in [3.63, 3.8) is 0 Å². The highest BCUT2D eigenvalue weighted by Gasteiger charge is 2.20. The molecule has 3 aromatic carbocycles. The van der Waals surface area contributed by atoms with Gasteiger partial charge >= 0.3 is 0 Å². The number of aliphatic hydroxyl groups is 1. The molecule has 4 heteroatoms. The van der Waals surface area contributed by atoms with E-state index >= 15 is 0 Å². The second-order valence-corrected chi connectivity index (χ2v) is 7.82. The average Bonchev–Trinajstić information content (AvgIpc) is 3.12. The first-order valence-electron chi connectivity index (χ1n) is 10.2. The zero-order chi connectivity index (χ0) is 21.4. The van der Waals surface area contributed by atoms with Gasteiger partial charge in [0.1, 0.15) is 0 Å². The smallest absolute Gasteiger partial charge is 0.0998 e. The number of hydrogen-bond acceptors (Lipinski definition) is 3. The fraction of sp³-hybridized carbons (Fsp3) is 0.231. The third-order valence-electron chi connectivity index (χ3n) is 5.80. The molecule has 1 atom stereocenters. The fourth-order valence-corrected chi connectivity index (χ4v) is 4.33. The highest BCUT2D eigenvalue weighted by Crippen LogP contribution is 2.39. The van der Waals surface area contributed by atoms with E-state index in [4.69, 9.17) is 4.98 Å². The second-order valence-electron chi connectivity index (χ2n) is 7.82. The zero-order valence-electron chi connectivity index (χ0n) is 17.8. The summed E-state index contributed by atoms with van der Waals surface area (Å²) in [6.45, 7) is 6.13. The van der Waals surface area contributed by atoms with Gasteiger partial charge in [0.2, 0.25) is 0 Å². The van der Waals surface area contributed by atoms with Gasteiger partial charge < -0.3 is 9.67 Å². The molecular weight excluding hydrogens is 370 g/mol. The molecule has 0 spiro atoms. The summed E-state index contributed by atoms with van der Waals surface area (Å²) in [5, 5.41) is 21.8.